The van der Waals surface area contributed by atoms with Crippen LogP contribution in [0.25, 0.3) is 0 Å². The summed E-state index contributed by atoms with van der Waals surface area (Å²) in [5, 5.41) is 6.63. The minimum atomic E-state index is 0. The van der Waals surface area contributed by atoms with Crippen molar-refractivity contribution < 1.29 is 18.9 Å². The molecule has 0 atom stereocenters. The molecular weight excluding hydrogens is 461 g/mol. The molecule has 0 aliphatic carbocycles. The number of ether oxygens (including phenoxy) is 4. The van der Waals surface area contributed by atoms with Crippen molar-refractivity contribution in [2.45, 2.75) is 26.2 Å². The molecule has 8 heteroatoms. The summed E-state index contributed by atoms with van der Waals surface area (Å²) < 4.78 is 21.6. The molecule has 0 amide bonds. The summed E-state index contributed by atoms with van der Waals surface area (Å²) in [4.78, 5) is 4.25. The van der Waals surface area contributed by atoms with Crippen molar-refractivity contribution in [3.63, 3.8) is 0 Å². The van der Waals surface area contributed by atoms with Gasteiger partial charge in [0.2, 0.25) is 0 Å². The van der Waals surface area contributed by atoms with Crippen molar-refractivity contribution in [3.8, 4) is 17.2 Å². The molecule has 1 rings (SSSR count). The number of nitrogens with one attached hydrogen (secondary N) is 2. The minimum Gasteiger partial charge on any atom is -0.496 e. The molecule has 156 valence electrons. The maximum atomic E-state index is 5.48. The zero-order valence-electron chi connectivity index (χ0n) is 17.1. The van der Waals surface area contributed by atoms with Crippen LogP contribution in [0.2, 0.25) is 0 Å². The maximum absolute atomic E-state index is 5.48. The lowest BCUT2D eigenvalue weighted by Crippen LogP contribution is -2.38. The number of methoxy groups -OCH3 is 3. The molecular formula is C19H34IN3O4. The number of rotatable bonds is 12. The Balaban J connectivity index is 0.00000676. The van der Waals surface area contributed by atoms with Gasteiger partial charge < -0.3 is 29.6 Å². The van der Waals surface area contributed by atoms with E-state index in [1.54, 1.807) is 28.4 Å². The predicted octanol–water partition coefficient (Wildman–Crippen LogP) is 2.85. The monoisotopic (exact) mass is 495 g/mol. The fraction of sp³-hybridized carbons (Fsp3) is 0.632. The summed E-state index contributed by atoms with van der Waals surface area (Å²) in [6.07, 6.45) is 2.82. The minimum absolute atomic E-state index is 0. The van der Waals surface area contributed by atoms with Crippen LogP contribution in [0.3, 0.4) is 0 Å². The summed E-state index contributed by atoms with van der Waals surface area (Å²) in [6, 6.07) is 3.73. The third-order valence-electron chi connectivity index (χ3n) is 3.92. The van der Waals surface area contributed by atoms with Gasteiger partial charge in [0, 0.05) is 51.0 Å². The second-order valence-electron chi connectivity index (χ2n) is 5.59. The van der Waals surface area contributed by atoms with Crippen LogP contribution in [0.1, 0.15) is 25.3 Å². The van der Waals surface area contributed by atoms with Crippen molar-refractivity contribution in [1.29, 1.82) is 0 Å². The van der Waals surface area contributed by atoms with Crippen LogP contribution in [0.5, 0.6) is 17.2 Å². The molecule has 7 nitrogen and oxygen atoms in total. The number of aliphatic imine (C=N–C) groups is 1. The van der Waals surface area contributed by atoms with Crippen LogP contribution in [0.15, 0.2) is 17.1 Å². The Morgan fingerprint density at radius 1 is 0.963 bits per heavy atom. The molecule has 0 heterocycles. The number of hydrogen-bond acceptors (Lipinski definition) is 5. The quantitative estimate of drug-likeness (QED) is 0.201. The lowest BCUT2D eigenvalue weighted by atomic mass is 10.1. The standard InChI is InChI=1S/C19H33N3O4.HI/c1-6-26-12-8-7-10-21-19(20-2)22-11-9-16-17(24-4)13-15(23-3)14-18(16)25-5;/h13-14H,6-12H2,1-5H3,(H2,20,21,22);1H. The smallest absolute Gasteiger partial charge is 0.190 e. The first-order valence-corrected chi connectivity index (χ1v) is 9.01. The molecule has 0 spiro atoms. The summed E-state index contributed by atoms with van der Waals surface area (Å²) in [5.41, 5.74) is 0.996. The van der Waals surface area contributed by atoms with Crippen LogP contribution in [0, 0.1) is 0 Å². The van der Waals surface area contributed by atoms with E-state index in [-0.39, 0.29) is 24.0 Å². The van der Waals surface area contributed by atoms with Crippen LogP contribution < -0.4 is 24.8 Å². The number of halogens is 1. The Hall–Kier alpha value is -1.42. The lowest BCUT2D eigenvalue weighted by Gasteiger charge is -2.16. The largest absolute Gasteiger partial charge is 0.496 e. The first-order chi connectivity index (χ1) is 12.7. The van der Waals surface area contributed by atoms with Gasteiger partial charge in [0.05, 0.1) is 21.3 Å². The average Bonchev–Trinajstić information content (AvgIpc) is 2.68. The van der Waals surface area contributed by atoms with Crippen molar-refractivity contribution in [2.75, 3.05) is 54.7 Å². The zero-order valence-corrected chi connectivity index (χ0v) is 19.4. The van der Waals surface area contributed by atoms with Crippen LogP contribution in [-0.2, 0) is 11.2 Å². The molecule has 0 aromatic heterocycles. The van der Waals surface area contributed by atoms with E-state index in [1.807, 2.05) is 19.1 Å². The summed E-state index contributed by atoms with van der Waals surface area (Å²) in [5.74, 6) is 3.00. The molecule has 0 saturated carbocycles. The maximum Gasteiger partial charge on any atom is 0.190 e. The van der Waals surface area contributed by atoms with Gasteiger partial charge in [-0.2, -0.15) is 0 Å². The van der Waals surface area contributed by atoms with E-state index in [0.717, 1.165) is 62.0 Å². The summed E-state index contributed by atoms with van der Waals surface area (Å²) >= 11 is 0. The molecule has 0 radical (unpaired) electrons. The Bertz CT molecular complexity index is 531. The van der Waals surface area contributed by atoms with Gasteiger partial charge in [-0.15, -0.1) is 24.0 Å². The molecule has 0 unspecified atom stereocenters. The van der Waals surface area contributed by atoms with Crippen molar-refractivity contribution in [3.05, 3.63) is 17.7 Å². The van der Waals surface area contributed by atoms with Gasteiger partial charge in [0.1, 0.15) is 17.2 Å². The normalized spacial score (nSPS) is 10.8. The Kier molecular flexibility index (Phi) is 14.8. The van der Waals surface area contributed by atoms with E-state index in [1.165, 1.54) is 0 Å². The fourth-order valence-electron chi connectivity index (χ4n) is 2.53. The third-order valence-corrected chi connectivity index (χ3v) is 3.92. The van der Waals surface area contributed by atoms with Gasteiger partial charge in [-0.1, -0.05) is 0 Å². The SMILES string of the molecule is CCOCCCCNC(=NC)NCCc1c(OC)cc(OC)cc1OC.I. The Morgan fingerprint density at radius 3 is 2.11 bits per heavy atom. The number of hydrogen-bond donors (Lipinski definition) is 2. The Labute approximate surface area is 180 Å². The van der Waals surface area contributed by atoms with Gasteiger partial charge in [-0.05, 0) is 26.2 Å². The molecule has 27 heavy (non-hydrogen) atoms. The number of guanidine groups is 1. The first kappa shape index (κ1) is 25.6. The van der Waals surface area contributed by atoms with Crippen LogP contribution in [-0.4, -0.2) is 60.6 Å². The van der Waals surface area contributed by atoms with Crippen LogP contribution >= 0.6 is 24.0 Å². The van der Waals surface area contributed by atoms with E-state index in [0.29, 0.717) is 12.3 Å². The predicted molar refractivity (Wildman–Crippen MR) is 120 cm³/mol. The molecule has 2 N–H and O–H groups in total. The molecule has 0 fully saturated rings. The van der Waals surface area contributed by atoms with E-state index in [9.17, 15) is 0 Å². The topological polar surface area (TPSA) is 73.3 Å². The second-order valence-corrected chi connectivity index (χ2v) is 5.59. The van der Waals surface area contributed by atoms with Gasteiger partial charge in [-0.25, -0.2) is 0 Å². The van der Waals surface area contributed by atoms with E-state index >= 15 is 0 Å². The van der Waals surface area contributed by atoms with Gasteiger partial charge >= 0.3 is 0 Å². The number of nitrogens with zero attached hydrogens (tertiary/aromatic N) is 1. The highest BCUT2D eigenvalue weighted by Crippen LogP contribution is 2.34. The molecule has 0 aliphatic rings. The van der Waals surface area contributed by atoms with Gasteiger partial charge in [0.25, 0.3) is 0 Å². The number of unbranched alkanes of at least 4 members (excludes halogenated alkanes) is 1. The summed E-state index contributed by atoms with van der Waals surface area (Å²) in [6.45, 7) is 5.16. The second kappa shape index (κ2) is 15.6. The third kappa shape index (κ3) is 9.37. The first-order valence-electron chi connectivity index (χ1n) is 9.01. The molecule has 1 aromatic carbocycles. The Morgan fingerprint density at radius 2 is 1.59 bits per heavy atom. The summed E-state index contributed by atoms with van der Waals surface area (Å²) in [7, 11) is 6.69. The van der Waals surface area contributed by atoms with Gasteiger partial charge in [0.15, 0.2) is 5.96 Å². The van der Waals surface area contributed by atoms with E-state index in [2.05, 4.69) is 15.6 Å². The van der Waals surface area contributed by atoms with Crippen molar-refractivity contribution >= 4 is 29.9 Å². The van der Waals surface area contributed by atoms with Crippen LogP contribution in [0.4, 0.5) is 0 Å². The highest BCUT2D eigenvalue weighted by Gasteiger charge is 2.13. The molecule has 0 bridgehead atoms. The highest BCUT2D eigenvalue weighted by atomic mass is 127. The van der Waals surface area contributed by atoms with Crippen molar-refractivity contribution in [1.82, 2.24) is 10.6 Å². The lowest BCUT2D eigenvalue weighted by molar-refractivity contribution is 0.143. The fourth-order valence-corrected chi connectivity index (χ4v) is 2.53. The number of benzene rings is 1. The van der Waals surface area contributed by atoms with Crippen molar-refractivity contribution in [2.24, 2.45) is 4.99 Å². The zero-order chi connectivity index (χ0) is 19.2. The van der Waals surface area contributed by atoms with E-state index in [4.69, 9.17) is 18.9 Å². The average molecular weight is 495 g/mol. The molecule has 0 aliphatic heterocycles. The van der Waals surface area contributed by atoms with Gasteiger partial charge in [-0.3, -0.25) is 4.99 Å². The molecule has 1 aromatic rings. The molecule has 0 saturated heterocycles. The van der Waals surface area contributed by atoms with E-state index < -0.39 is 0 Å². The highest BCUT2D eigenvalue weighted by molar-refractivity contribution is 14.0.